The number of carboxylic acids is 1. The topological polar surface area (TPSA) is 59.4 Å². The Morgan fingerprint density at radius 1 is 1.48 bits per heavy atom. The number of aromatic nitrogens is 1. The molecule has 1 heterocycles. The quantitative estimate of drug-likeness (QED) is 0.592. The van der Waals surface area contributed by atoms with E-state index in [0.29, 0.717) is 18.4 Å². The van der Waals surface area contributed by atoms with Crippen LogP contribution < -0.4 is 0 Å². The number of rotatable bonds is 8. The van der Waals surface area contributed by atoms with Crippen molar-refractivity contribution < 1.29 is 32.2 Å². The standard InChI is InChI=1S/C13H15F4NO3/c1-8-5-10(11(19)20)18-6-9(8)3-2-4-21-7-13(16,17)12(14)15/h5-6,12H,2-4,7H2,1H3,(H,19,20). The van der Waals surface area contributed by atoms with Crippen LogP contribution in [-0.2, 0) is 11.2 Å². The average Bonchev–Trinajstić information content (AvgIpc) is 2.39. The molecule has 21 heavy (non-hydrogen) atoms. The molecule has 0 saturated heterocycles. The fourth-order valence-electron chi connectivity index (χ4n) is 1.60. The number of halogens is 4. The monoisotopic (exact) mass is 309 g/mol. The second kappa shape index (κ2) is 7.35. The molecular weight excluding hydrogens is 294 g/mol. The minimum Gasteiger partial charge on any atom is -0.477 e. The smallest absolute Gasteiger partial charge is 0.354 e. The largest absolute Gasteiger partial charge is 0.477 e. The van der Waals surface area contributed by atoms with Gasteiger partial charge in [-0.2, -0.15) is 8.78 Å². The lowest BCUT2D eigenvalue weighted by Crippen LogP contribution is -2.32. The number of alkyl halides is 4. The number of hydrogen-bond acceptors (Lipinski definition) is 3. The van der Waals surface area contributed by atoms with Crippen molar-refractivity contribution in [3.8, 4) is 0 Å². The lowest BCUT2D eigenvalue weighted by molar-refractivity contribution is -0.165. The van der Waals surface area contributed by atoms with E-state index in [1.165, 1.54) is 12.3 Å². The van der Waals surface area contributed by atoms with Gasteiger partial charge in [-0.15, -0.1) is 0 Å². The van der Waals surface area contributed by atoms with Gasteiger partial charge in [0.25, 0.3) is 0 Å². The molecule has 0 atom stereocenters. The number of nitrogens with zero attached hydrogens (tertiary/aromatic N) is 1. The summed E-state index contributed by atoms with van der Waals surface area (Å²) in [5, 5.41) is 8.75. The molecule has 8 heteroatoms. The first-order chi connectivity index (χ1) is 9.74. The first-order valence-electron chi connectivity index (χ1n) is 6.16. The first-order valence-corrected chi connectivity index (χ1v) is 6.16. The fraction of sp³-hybridized carbons (Fsp3) is 0.538. The zero-order chi connectivity index (χ0) is 16.0. The van der Waals surface area contributed by atoms with Crippen LogP contribution in [0.3, 0.4) is 0 Å². The summed E-state index contributed by atoms with van der Waals surface area (Å²) in [4.78, 5) is 14.4. The molecule has 0 unspecified atom stereocenters. The maximum atomic E-state index is 12.5. The first kappa shape index (κ1) is 17.4. The van der Waals surface area contributed by atoms with Gasteiger partial charge in [0.05, 0.1) is 0 Å². The highest BCUT2D eigenvalue weighted by atomic mass is 19.3. The van der Waals surface area contributed by atoms with Gasteiger partial charge in [0.2, 0.25) is 0 Å². The average molecular weight is 309 g/mol. The van der Waals surface area contributed by atoms with E-state index in [1.807, 2.05) is 0 Å². The molecule has 0 radical (unpaired) electrons. The van der Waals surface area contributed by atoms with Crippen LogP contribution in [-0.4, -0.2) is 41.6 Å². The molecule has 0 aliphatic heterocycles. The molecule has 0 saturated carbocycles. The van der Waals surface area contributed by atoms with Crippen LogP contribution in [0.25, 0.3) is 0 Å². The molecule has 1 N–H and O–H groups in total. The number of carbonyl (C=O) groups is 1. The summed E-state index contributed by atoms with van der Waals surface area (Å²) in [6.45, 7) is 0.289. The third kappa shape index (κ3) is 5.30. The summed E-state index contributed by atoms with van der Waals surface area (Å²) in [6.07, 6.45) is -1.58. The Morgan fingerprint density at radius 2 is 2.14 bits per heavy atom. The minimum absolute atomic E-state index is 0.0796. The highest BCUT2D eigenvalue weighted by molar-refractivity contribution is 5.85. The van der Waals surface area contributed by atoms with Crippen molar-refractivity contribution in [1.29, 1.82) is 0 Å². The number of pyridine rings is 1. The molecule has 0 fully saturated rings. The van der Waals surface area contributed by atoms with E-state index in [2.05, 4.69) is 9.72 Å². The third-order valence-electron chi connectivity index (χ3n) is 2.79. The van der Waals surface area contributed by atoms with E-state index in [9.17, 15) is 22.4 Å². The van der Waals surface area contributed by atoms with Gasteiger partial charge in [0.1, 0.15) is 12.3 Å². The Kier molecular flexibility index (Phi) is 6.07. The molecule has 1 rings (SSSR count). The lowest BCUT2D eigenvalue weighted by Gasteiger charge is -2.15. The van der Waals surface area contributed by atoms with Crippen molar-refractivity contribution in [2.75, 3.05) is 13.2 Å². The molecule has 118 valence electrons. The van der Waals surface area contributed by atoms with Crippen LogP contribution in [0.2, 0.25) is 0 Å². The molecule has 0 amide bonds. The summed E-state index contributed by atoms with van der Waals surface area (Å²) in [6, 6.07) is 1.41. The Morgan fingerprint density at radius 3 is 2.67 bits per heavy atom. The molecule has 0 aliphatic carbocycles. The van der Waals surface area contributed by atoms with Crippen LogP contribution in [0, 0.1) is 6.92 Å². The lowest BCUT2D eigenvalue weighted by atomic mass is 10.1. The summed E-state index contributed by atoms with van der Waals surface area (Å²) in [7, 11) is 0. The van der Waals surface area contributed by atoms with Crippen molar-refractivity contribution in [3.05, 3.63) is 29.1 Å². The van der Waals surface area contributed by atoms with Gasteiger partial charge in [-0.25, -0.2) is 18.6 Å². The normalized spacial score (nSPS) is 11.9. The van der Waals surface area contributed by atoms with Crippen LogP contribution in [0.15, 0.2) is 12.3 Å². The number of aromatic carboxylic acids is 1. The van der Waals surface area contributed by atoms with E-state index < -0.39 is 24.9 Å². The Bertz CT molecular complexity index is 494. The van der Waals surface area contributed by atoms with Crippen molar-refractivity contribution in [2.24, 2.45) is 0 Å². The molecule has 4 nitrogen and oxygen atoms in total. The number of ether oxygens (including phenoxy) is 1. The number of aryl methyl sites for hydroxylation is 2. The molecule has 0 bridgehead atoms. The highest BCUT2D eigenvalue weighted by Gasteiger charge is 2.40. The Hall–Kier alpha value is -1.70. The van der Waals surface area contributed by atoms with E-state index in [4.69, 9.17) is 5.11 Å². The molecular formula is C13H15F4NO3. The van der Waals surface area contributed by atoms with Crippen LogP contribution in [0.5, 0.6) is 0 Å². The van der Waals surface area contributed by atoms with Gasteiger partial charge in [0.15, 0.2) is 0 Å². The van der Waals surface area contributed by atoms with Gasteiger partial charge in [0, 0.05) is 12.8 Å². The van der Waals surface area contributed by atoms with E-state index in [-0.39, 0.29) is 12.3 Å². The maximum absolute atomic E-state index is 12.5. The summed E-state index contributed by atoms with van der Waals surface area (Å²) in [5.74, 6) is -5.28. The summed E-state index contributed by atoms with van der Waals surface area (Å²) >= 11 is 0. The van der Waals surface area contributed by atoms with Gasteiger partial charge in [-0.3, -0.25) is 0 Å². The molecule has 0 aliphatic rings. The number of carboxylic acid groups (broad SMARTS) is 1. The summed E-state index contributed by atoms with van der Waals surface area (Å²) < 4.78 is 53.3. The highest BCUT2D eigenvalue weighted by Crippen LogP contribution is 2.22. The van der Waals surface area contributed by atoms with Crippen molar-refractivity contribution in [1.82, 2.24) is 4.98 Å². The van der Waals surface area contributed by atoms with E-state index in [0.717, 1.165) is 5.56 Å². The van der Waals surface area contributed by atoms with Gasteiger partial charge in [-0.1, -0.05) is 0 Å². The van der Waals surface area contributed by atoms with Gasteiger partial charge >= 0.3 is 18.3 Å². The SMILES string of the molecule is Cc1cc(C(=O)O)ncc1CCCOCC(F)(F)C(F)F. The Balaban J connectivity index is 2.38. The molecule has 0 aromatic carbocycles. The predicted octanol–water partition coefficient (Wildman–Crippen LogP) is 2.94. The van der Waals surface area contributed by atoms with Gasteiger partial charge in [-0.05, 0) is 37.0 Å². The van der Waals surface area contributed by atoms with E-state index >= 15 is 0 Å². The molecule has 1 aromatic heterocycles. The van der Waals surface area contributed by atoms with Crippen molar-refractivity contribution in [3.63, 3.8) is 0 Å². The molecule has 1 aromatic rings. The second-order valence-corrected chi connectivity index (χ2v) is 4.52. The Labute approximate surface area is 118 Å². The summed E-state index contributed by atoms with van der Waals surface area (Å²) in [5.41, 5.74) is 1.38. The van der Waals surface area contributed by atoms with Crippen LogP contribution in [0.1, 0.15) is 28.0 Å². The number of hydrogen-bond donors (Lipinski definition) is 1. The third-order valence-corrected chi connectivity index (χ3v) is 2.79. The fourth-order valence-corrected chi connectivity index (χ4v) is 1.60. The minimum atomic E-state index is -4.14. The van der Waals surface area contributed by atoms with Crippen LogP contribution >= 0.6 is 0 Å². The van der Waals surface area contributed by atoms with Crippen molar-refractivity contribution in [2.45, 2.75) is 32.1 Å². The van der Waals surface area contributed by atoms with Gasteiger partial charge < -0.3 is 9.84 Å². The zero-order valence-electron chi connectivity index (χ0n) is 11.3. The maximum Gasteiger partial charge on any atom is 0.354 e. The predicted molar refractivity (Wildman–Crippen MR) is 66.0 cm³/mol. The second-order valence-electron chi connectivity index (χ2n) is 4.52. The van der Waals surface area contributed by atoms with E-state index in [1.54, 1.807) is 6.92 Å². The van der Waals surface area contributed by atoms with Crippen molar-refractivity contribution >= 4 is 5.97 Å². The zero-order valence-corrected chi connectivity index (χ0v) is 11.3. The molecule has 0 spiro atoms. The van der Waals surface area contributed by atoms with Crippen LogP contribution in [0.4, 0.5) is 17.6 Å².